The molecule has 0 aromatic carbocycles. The molecule has 4 N–H and O–H groups in total. The van der Waals surface area contributed by atoms with Crippen LogP contribution in [-0.4, -0.2) is 42.0 Å². The van der Waals surface area contributed by atoms with Crippen molar-refractivity contribution in [1.82, 2.24) is 20.6 Å². The zero-order valence-electron chi connectivity index (χ0n) is 18.3. The first-order valence-electron chi connectivity index (χ1n) is 10.3. The second kappa shape index (κ2) is 12.2. The van der Waals surface area contributed by atoms with E-state index in [1.165, 1.54) is 0 Å². The van der Waals surface area contributed by atoms with Crippen molar-refractivity contribution in [3.05, 3.63) is 40.0 Å². The summed E-state index contributed by atoms with van der Waals surface area (Å²) in [5.74, 6) is 1.87. The van der Waals surface area contributed by atoms with Crippen LogP contribution in [0.2, 0.25) is 0 Å². The van der Waals surface area contributed by atoms with Gasteiger partial charge in [-0.05, 0) is 24.8 Å². The number of nitrogens with one attached hydrogen (secondary N) is 2. The van der Waals surface area contributed by atoms with E-state index in [0.29, 0.717) is 19.0 Å². The monoisotopic (exact) mass is 557 g/mol. The van der Waals surface area contributed by atoms with Crippen molar-refractivity contribution in [3.63, 3.8) is 0 Å². The number of nitrogens with zero attached hydrogens (tertiary/aromatic N) is 4. The molecule has 0 atom stereocenters. The number of anilines is 1. The van der Waals surface area contributed by atoms with Gasteiger partial charge < -0.3 is 21.3 Å². The molecular formula is C21H32IN7OS. The molecule has 1 fully saturated rings. The predicted octanol–water partition coefficient (Wildman–Crippen LogP) is 2.85. The molecule has 0 aliphatic carbocycles. The lowest BCUT2D eigenvalue weighted by Gasteiger charge is -2.32. The summed E-state index contributed by atoms with van der Waals surface area (Å²) in [7, 11) is 1.76. The van der Waals surface area contributed by atoms with Crippen LogP contribution < -0.4 is 21.3 Å². The van der Waals surface area contributed by atoms with Gasteiger partial charge in [0.1, 0.15) is 10.8 Å². The molecule has 31 heavy (non-hydrogen) atoms. The van der Waals surface area contributed by atoms with E-state index in [-0.39, 0.29) is 35.8 Å². The number of guanidine groups is 1. The Morgan fingerprint density at radius 3 is 2.65 bits per heavy atom. The van der Waals surface area contributed by atoms with Crippen LogP contribution in [0.4, 0.5) is 5.82 Å². The van der Waals surface area contributed by atoms with Crippen molar-refractivity contribution in [1.29, 1.82) is 0 Å². The van der Waals surface area contributed by atoms with Crippen LogP contribution >= 0.6 is 35.3 Å². The molecule has 3 rings (SSSR count). The van der Waals surface area contributed by atoms with E-state index in [1.54, 1.807) is 24.6 Å². The number of rotatable bonds is 7. The maximum absolute atomic E-state index is 11.4. The Bertz CT molecular complexity index is 878. The number of hydrogen-bond acceptors (Lipinski definition) is 6. The number of aromatic nitrogens is 2. The summed E-state index contributed by atoms with van der Waals surface area (Å²) in [5, 5.41) is 9.85. The fourth-order valence-electron chi connectivity index (χ4n) is 3.46. The van der Waals surface area contributed by atoms with Gasteiger partial charge in [-0.3, -0.25) is 9.79 Å². The second-order valence-corrected chi connectivity index (χ2v) is 8.69. The Balaban J connectivity index is 0.00000341. The molecular weight excluding hydrogens is 525 g/mol. The second-order valence-electron chi connectivity index (χ2n) is 7.75. The highest BCUT2D eigenvalue weighted by Gasteiger charge is 2.25. The lowest BCUT2D eigenvalue weighted by Crippen LogP contribution is -2.40. The van der Waals surface area contributed by atoms with Crippen molar-refractivity contribution < 1.29 is 4.79 Å². The molecule has 170 valence electrons. The molecule has 1 aliphatic rings. The summed E-state index contributed by atoms with van der Waals surface area (Å²) in [6.45, 7) is 7.11. The van der Waals surface area contributed by atoms with Gasteiger partial charge in [0, 0.05) is 49.7 Å². The van der Waals surface area contributed by atoms with E-state index in [1.807, 2.05) is 6.07 Å². The molecule has 1 aliphatic heterocycles. The van der Waals surface area contributed by atoms with E-state index >= 15 is 0 Å². The summed E-state index contributed by atoms with van der Waals surface area (Å²) in [6.07, 6.45) is 3.35. The zero-order chi connectivity index (χ0) is 21.5. The van der Waals surface area contributed by atoms with Gasteiger partial charge in [0.15, 0.2) is 5.96 Å². The summed E-state index contributed by atoms with van der Waals surface area (Å²) in [5.41, 5.74) is 7.67. The van der Waals surface area contributed by atoms with Gasteiger partial charge in [0.05, 0.1) is 12.2 Å². The molecule has 3 heterocycles. The number of aliphatic imine (C=N–C) groups is 1. The number of carbonyl (C=O) groups excluding carboxylic acids is 1. The molecule has 8 nitrogen and oxygen atoms in total. The van der Waals surface area contributed by atoms with Crippen LogP contribution in [-0.2, 0) is 17.9 Å². The number of piperidine rings is 1. The molecule has 10 heteroatoms. The van der Waals surface area contributed by atoms with E-state index in [4.69, 9.17) is 5.73 Å². The maximum Gasteiger partial charge on any atom is 0.220 e. The minimum atomic E-state index is -0.201. The van der Waals surface area contributed by atoms with Crippen LogP contribution in [0.3, 0.4) is 0 Å². The van der Waals surface area contributed by atoms with Crippen LogP contribution in [0.25, 0.3) is 0 Å². The molecule has 1 saturated heterocycles. The number of amides is 1. The van der Waals surface area contributed by atoms with Gasteiger partial charge in [0.25, 0.3) is 0 Å². The minimum Gasteiger partial charge on any atom is -0.369 e. The fraction of sp³-hybridized carbons (Fsp3) is 0.524. The maximum atomic E-state index is 11.4. The highest BCUT2D eigenvalue weighted by Crippen LogP contribution is 2.24. The Kier molecular flexibility index (Phi) is 9.94. The normalized spacial score (nSPS) is 15.0. The third-order valence-corrected chi connectivity index (χ3v) is 6.17. The highest BCUT2D eigenvalue weighted by atomic mass is 127. The van der Waals surface area contributed by atoms with E-state index in [0.717, 1.165) is 54.0 Å². The molecule has 0 spiro atoms. The van der Waals surface area contributed by atoms with Crippen molar-refractivity contribution >= 4 is 53.0 Å². The van der Waals surface area contributed by atoms with Crippen molar-refractivity contribution in [2.45, 2.75) is 45.7 Å². The van der Waals surface area contributed by atoms with Gasteiger partial charge in [-0.25, -0.2) is 9.97 Å². The third-order valence-electron chi connectivity index (χ3n) is 5.30. The number of halogens is 1. The smallest absolute Gasteiger partial charge is 0.220 e. The Labute approximate surface area is 205 Å². The Morgan fingerprint density at radius 1 is 1.32 bits per heavy atom. The number of primary amides is 1. The van der Waals surface area contributed by atoms with Gasteiger partial charge in [-0.2, -0.15) is 0 Å². The topological polar surface area (TPSA) is 109 Å². The van der Waals surface area contributed by atoms with Crippen LogP contribution in [0, 0.1) is 5.92 Å². The van der Waals surface area contributed by atoms with Crippen molar-refractivity contribution in [3.8, 4) is 0 Å². The summed E-state index contributed by atoms with van der Waals surface area (Å²) in [6, 6.07) is 4.01. The quantitative estimate of drug-likeness (QED) is 0.275. The van der Waals surface area contributed by atoms with Crippen LogP contribution in [0.5, 0.6) is 0 Å². The zero-order valence-corrected chi connectivity index (χ0v) is 21.4. The number of hydrogen-bond donors (Lipinski definition) is 3. The first kappa shape index (κ1) is 25.3. The fourth-order valence-corrected chi connectivity index (χ4v) is 4.35. The minimum absolute atomic E-state index is 0. The van der Waals surface area contributed by atoms with E-state index < -0.39 is 0 Å². The Hall–Kier alpha value is -1.95. The van der Waals surface area contributed by atoms with E-state index in [2.05, 4.69) is 55.8 Å². The molecule has 0 bridgehead atoms. The molecule has 2 aromatic rings. The summed E-state index contributed by atoms with van der Waals surface area (Å²) in [4.78, 5) is 27.2. The number of pyridine rings is 1. The molecule has 0 unspecified atom stereocenters. The Morgan fingerprint density at radius 2 is 2.03 bits per heavy atom. The van der Waals surface area contributed by atoms with Gasteiger partial charge in [0.2, 0.25) is 5.91 Å². The average molecular weight is 558 g/mol. The first-order chi connectivity index (χ1) is 14.5. The first-order valence-corrected chi connectivity index (χ1v) is 11.2. The van der Waals surface area contributed by atoms with Crippen molar-refractivity contribution in [2.24, 2.45) is 16.6 Å². The molecule has 1 amide bonds. The standard InChI is InChI=1S/C21H31N7OS.HI/c1-14(2)17-13-30-18(27-17)12-26-21(23-3)25-11-16-5-4-8-24-20(16)28-9-6-15(7-10-28)19(22)29;/h4-5,8,13-15H,6-7,9-12H2,1-3H3,(H2,22,29)(H2,23,25,26);1H. The lowest BCUT2D eigenvalue weighted by atomic mass is 9.96. The average Bonchev–Trinajstić information content (AvgIpc) is 3.24. The summed E-state index contributed by atoms with van der Waals surface area (Å²) >= 11 is 1.66. The summed E-state index contributed by atoms with van der Waals surface area (Å²) < 4.78 is 0. The lowest BCUT2D eigenvalue weighted by molar-refractivity contribution is -0.122. The van der Waals surface area contributed by atoms with Gasteiger partial charge in [-0.15, -0.1) is 35.3 Å². The molecule has 0 radical (unpaired) electrons. The van der Waals surface area contributed by atoms with Gasteiger partial charge in [-0.1, -0.05) is 19.9 Å². The van der Waals surface area contributed by atoms with E-state index in [9.17, 15) is 4.79 Å². The predicted molar refractivity (Wildman–Crippen MR) is 137 cm³/mol. The number of nitrogens with two attached hydrogens (primary N) is 1. The van der Waals surface area contributed by atoms with Crippen molar-refractivity contribution in [2.75, 3.05) is 25.0 Å². The van der Waals surface area contributed by atoms with Gasteiger partial charge >= 0.3 is 0 Å². The number of carbonyl (C=O) groups is 1. The highest BCUT2D eigenvalue weighted by molar-refractivity contribution is 14.0. The largest absolute Gasteiger partial charge is 0.369 e. The van der Waals surface area contributed by atoms with Crippen LogP contribution in [0.15, 0.2) is 28.7 Å². The third kappa shape index (κ3) is 7.03. The van der Waals surface area contributed by atoms with Crippen LogP contribution in [0.1, 0.15) is 48.9 Å². The molecule has 0 saturated carbocycles. The molecule has 2 aromatic heterocycles. The SMILES string of the molecule is CN=C(NCc1nc(C(C)C)cs1)NCc1cccnc1N1CCC(C(N)=O)CC1.I. The number of thiazole rings is 1.